The van der Waals surface area contributed by atoms with E-state index in [4.69, 9.17) is 4.74 Å². The fourth-order valence-electron chi connectivity index (χ4n) is 4.50. The Morgan fingerprint density at radius 1 is 1.21 bits per heavy atom. The SMILES string of the molecule is COc1ccc(-c2ccc(=O)n(CC(=O)N3CC[C@@]4(O)CCCC[C@H]4C3)n2)cc1. The van der Waals surface area contributed by atoms with Crippen LogP contribution in [0.5, 0.6) is 5.75 Å². The second-order valence-electron chi connectivity index (χ2n) is 8.08. The van der Waals surface area contributed by atoms with Crippen molar-refractivity contribution in [2.24, 2.45) is 5.92 Å². The summed E-state index contributed by atoms with van der Waals surface area (Å²) >= 11 is 0. The van der Waals surface area contributed by atoms with Crippen molar-refractivity contribution in [3.8, 4) is 17.0 Å². The number of hydrogen-bond donors (Lipinski definition) is 1. The van der Waals surface area contributed by atoms with Crippen molar-refractivity contribution in [3.05, 3.63) is 46.8 Å². The van der Waals surface area contributed by atoms with Gasteiger partial charge in [-0.1, -0.05) is 12.8 Å². The minimum atomic E-state index is -0.627. The van der Waals surface area contributed by atoms with Crippen molar-refractivity contribution in [1.82, 2.24) is 14.7 Å². The lowest BCUT2D eigenvalue weighted by Gasteiger charge is -2.47. The molecule has 7 heteroatoms. The van der Waals surface area contributed by atoms with E-state index in [9.17, 15) is 14.7 Å². The smallest absolute Gasteiger partial charge is 0.267 e. The minimum Gasteiger partial charge on any atom is -0.497 e. The number of aliphatic hydroxyl groups is 1. The fraction of sp³-hybridized carbons (Fsp3) is 0.500. The van der Waals surface area contributed by atoms with Crippen LogP contribution in [0.25, 0.3) is 11.3 Å². The largest absolute Gasteiger partial charge is 0.497 e. The second-order valence-corrected chi connectivity index (χ2v) is 8.08. The number of amides is 1. The van der Waals surface area contributed by atoms with Gasteiger partial charge in [-0.05, 0) is 49.6 Å². The van der Waals surface area contributed by atoms with Crippen LogP contribution in [0.1, 0.15) is 32.1 Å². The van der Waals surface area contributed by atoms with Crippen molar-refractivity contribution in [2.75, 3.05) is 20.2 Å². The lowest BCUT2D eigenvalue weighted by Crippen LogP contribution is -2.55. The van der Waals surface area contributed by atoms with Crippen molar-refractivity contribution in [3.63, 3.8) is 0 Å². The fourth-order valence-corrected chi connectivity index (χ4v) is 4.50. The van der Waals surface area contributed by atoms with E-state index in [0.29, 0.717) is 25.2 Å². The molecular weight excluding hydrogens is 370 g/mol. The van der Waals surface area contributed by atoms with Crippen LogP contribution in [-0.2, 0) is 11.3 Å². The molecule has 154 valence electrons. The number of likely N-dealkylation sites (tertiary alicyclic amines) is 1. The molecule has 2 atom stereocenters. The first-order valence-electron chi connectivity index (χ1n) is 10.2. The molecule has 1 saturated heterocycles. The number of fused-ring (bicyclic) bond motifs is 1. The van der Waals surface area contributed by atoms with Crippen molar-refractivity contribution in [1.29, 1.82) is 0 Å². The Hall–Kier alpha value is -2.67. The minimum absolute atomic E-state index is 0.0893. The van der Waals surface area contributed by atoms with E-state index in [1.54, 1.807) is 18.1 Å². The first kappa shape index (κ1) is 19.6. The molecule has 1 amide bonds. The maximum absolute atomic E-state index is 12.9. The highest BCUT2D eigenvalue weighted by Crippen LogP contribution is 2.39. The monoisotopic (exact) mass is 397 g/mol. The van der Waals surface area contributed by atoms with Gasteiger partial charge in [-0.25, -0.2) is 4.68 Å². The number of ether oxygens (including phenoxy) is 1. The maximum atomic E-state index is 12.9. The molecule has 29 heavy (non-hydrogen) atoms. The molecule has 1 aliphatic heterocycles. The van der Waals surface area contributed by atoms with Gasteiger partial charge in [0.15, 0.2) is 0 Å². The van der Waals surface area contributed by atoms with Crippen molar-refractivity contribution in [2.45, 2.75) is 44.2 Å². The van der Waals surface area contributed by atoms with E-state index in [-0.39, 0.29) is 23.9 Å². The molecule has 2 aliphatic rings. The van der Waals surface area contributed by atoms with Gasteiger partial charge in [0, 0.05) is 30.6 Å². The summed E-state index contributed by atoms with van der Waals surface area (Å²) in [4.78, 5) is 26.9. The summed E-state index contributed by atoms with van der Waals surface area (Å²) in [7, 11) is 1.60. The summed E-state index contributed by atoms with van der Waals surface area (Å²) in [6.07, 6.45) is 4.53. The lowest BCUT2D eigenvalue weighted by molar-refractivity contribution is -0.144. The number of piperidine rings is 1. The lowest BCUT2D eigenvalue weighted by atomic mass is 9.71. The van der Waals surface area contributed by atoms with Gasteiger partial charge in [-0.2, -0.15) is 5.10 Å². The third-order valence-electron chi connectivity index (χ3n) is 6.32. The zero-order valence-electron chi connectivity index (χ0n) is 16.7. The number of hydrogen-bond acceptors (Lipinski definition) is 5. The highest BCUT2D eigenvalue weighted by atomic mass is 16.5. The maximum Gasteiger partial charge on any atom is 0.267 e. The number of rotatable bonds is 4. The molecule has 4 rings (SSSR count). The number of nitrogens with zero attached hydrogens (tertiary/aromatic N) is 3. The first-order chi connectivity index (χ1) is 14.0. The van der Waals surface area contributed by atoms with Crippen molar-refractivity contribution < 1.29 is 14.6 Å². The Bertz CT molecular complexity index is 940. The summed E-state index contributed by atoms with van der Waals surface area (Å²) in [5, 5.41) is 15.2. The van der Waals surface area contributed by atoms with Crippen molar-refractivity contribution >= 4 is 5.91 Å². The number of carbonyl (C=O) groups is 1. The Morgan fingerprint density at radius 3 is 2.76 bits per heavy atom. The van der Waals surface area contributed by atoms with Gasteiger partial charge in [0.1, 0.15) is 12.3 Å². The summed E-state index contributed by atoms with van der Waals surface area (Å²) in [6, 6.07) is 10.5. The Balaban J connectivity index is 1.48. The summed E-state index contributed by atoms with van der Waals surface area (Å²) in [6.45, 7) is 0.995. The molecule has 2 aromatic rings. The molecule has 0 bridgehead atoms. The van der Waals surface area contributed by atoms with E-state index in [2.05, 4.69) is 5.10 Å². The Kier molecular flexibility index (Phi) is 5.41. The Morgan fingerprint density at radius 2 is 2.00 bits per heavy atom. The molecule has 0 unspecified atom stereocenters. The van der Waals surface area contributed by atoms with E-state index in [1.807, 2.05) is 24.3 Å². The molecular formula is C22H27N3O4. The number of benzene rings is 1. The highest BCUT2D eigenvalue weighted by Gasteiger charge is 2.43. The van der Waals surface area contributed by atoms with Crippen LogP contribution in [0.15, 0.2) is 41.2 Å². The molecule has 7 nitrogen and oxygen atoms in total. The molecule has 0 spiro atoms. The normalized spacial score (nSPS) is 24.1. The van der Waals surface area contributed by atoms with Crippen LogP contribution < -0.4 is 10.3 Å². The second kappa shape index (κ2) is 7.99. The highest BCUT2D eigenvalue weighted by molar-refractivity contribution is 5.76. The van der Waals surface area contributed by atoms with Crippen LogP contribution in [0.2, 0.25) is 0 Å². The van der Waals surface area contributed by atoms with E-state index in [0.717, 1.165) is 37.0 Å². The van der Waals surface area contributed by atoms with Gasteiger partial charge in [-0.15, -0.1) is 0 Å². The van der Waals surface area contributed by atoms with Gasteiger partial charge >= 0.3 is 0 Å². The molecule has 1 aromatic carbocycles. The molecule has 0 radical (unpaired) electrons. The molecule has 1 aromatic heterocycles. The molecule has 2 heterocycles. The number of carbonyl (C=O) groups excluding carboxylic acids is 1. The van der Waals surface area contributed by atoms with Crippen LogP contribution in [0.4, 0.5) is 0 Å². The number of methoxy groups -OCH3 is 1. The third-order valence-corrected chi connectivity index (χ3v) is 6.32. The third kappa shape index (κ3) is 4.05. The summed E-state index contributed by atoms with van der Waals surface area (Å²) < 4.78 is 6.39. The van der Waals surface area contributed by atoms with Gasteiger partial charge in [0.05, 0.1) is 18.4 Å². The predicted octanol–water partition coefficient (Wildman–Crippen LogP) is 2.07. The quantitative estimate of drug-likeness (QED) is 0.854. The molecule has 1 aliphatic carbocycles. The van der Waals surface area contributed by atoms with Crippen LogP contribution in [0, 0.1) is 5.92 Å². The van der Waals surface area contributed by atoms with Gasteiger partial charge < -0.3 is 14.7 Å². The standard InChI is InChI=1S/C22H27N3O4/c1-29-18-7-5-16(6-8-18)19-9-10-20(26)25(23-19)15-21(27)24-13-12-22(28)11-3-2-4-17(22)14-24/h5-10,17,28H,2-4,11-15H2,1H3/t17-,22-/m0/s1. The van der Waals surface area contributed by atoms with E-state index < -0.39 is 5.60 Å². The van der Waals surface area contributed by atoms with Crippen LogP contribution in [0.3, 0.4) is 0 Å². The first-order valence-corrected chi connectivity index (χ1v) is 10.2. The summed E-state index contributed by atoms with van der Waals surface area (Å²) in [5.41, 5.74) is 0.540. The zero-order chi connectivity index (χ0) is 20.4. The van der Waals surface area contributed by atoms with E-state index >= 15 is 0 Å². The number of aromatic nitrogens is 2. The van der Waals surface area contributed by atoms with Gasteiger partial charge in [0.25, 0.3) is 5.56 Å². The van der Waals surface area contributed by atoms with Crippen LogP contribution in [-0.4, -0.2) is 51.5 Å². The molecule has 1 saturated carbocycles. The van der Waals surface area contributed by atoms with E-state index in [1.165, 1.54) is 10.7 Å². The molecule has 2 fully saturated rings. The molecule has 1 N–H and O–H groups in total. The average Bonchev–Trinajstić information content (AvgIpc) is 2.74. The predicted molar refractivity (Wildman–Crippen MR) is 109 cm³/mol. The van der Waals surface area contributed by atoms with Gasteiger partial charge in [-0.3, -0.25) is 9.59 Å². The summed E-state index contributed by atoms with van der Waals surface area (Å²) in [5.74, 6) is 0.744. The van der Waals surface area contributed by atoms with Crippen LogP contribution >= 0.6 is 0 Å². The van der Waals surface area contributed by atoms with Gasteiger partial charge in [0.2, 0.25) is 5.91 Å². The average molecular weight is 397 g/mol. The topological polar surface area (TPSA) is 84.7 Å². The zero-order valence-corrected chi connectivity index (χ0v) is 16.7. The Labute approximate surface area is 169 Å².